The van der Waals surface area contributed by atoms with E-state index in [4.69, 9.17) is 5.73 Å². The van der Waals surface area contributed by atoms with Gasteiger partial charge in [-0.15, -0.1) is 12.4 Å². The summed E-state index contributed by atoms with van der Waals surface area (Å²) in [5.74, 6) is 0.0110. The third-order valence-electron chi connectivity index (χ3n) is 3.98. The fourth-order valence-corrected chi connectivity index (χ4v) is 2.45. The van der Waals surface area contributed by atoms with Gasteiger partial charge in [0, 0.05) is 24.3 Å². The molecule has 3 rings (SSSR count). The molecule has 114 valence electrons. The summed E-state index contributed by atoms with van der Waals surface area (Å²) in [4.78, 5) is 25.6. The lowest BCUT2D eigenvalue weighted by Gasteiger charge is -2.27. The second kappa shape index (κ2) is 6.03. The van der Waals surface area contributed by atoms with Gasteiger partial charge < -0.3 is 16.0 Å². The number of halogens is 1. The smallest absolute Gasteiger partial charge is 0.244 e. The fraction of sp³-hybridized carbons (Fsp3) is 0.467. The van der Waals surface area contributed by atoms with Gasteiger partial charge in [-0.3, -0.25) is 9.59 Å². The number of benzene rings is 1. The highest BCUT2D eigenvalue weighted by molar-refractivity contribution is 6.01. The molecule has 2 fully saturated rings. The molecule has 2 amide bonds. The van der Waals surface area contributed by atoms with Crippen LogP contribution in [0.1, 0.15) is 32.1 Å². The Kier molecular flexibility index (Phi) is 4.54. The molecule has 1 aliphatic carbocycles. The van der Waals surface area contributed by atoms with E-state index in [0.717, 1.165) is 37.9 Å². The zero-order chi connectivity index (χ0) is 14.2. The Morgan fingerprint density at radius 2 is 2.05 bits per heavy atom. The molecule has 1 saturated carbocycles. The highest BCUT2D eigenvalue weighted by Crippen LogP contribution is 2.33. The summed E-state index contributed by atoms with van der Waals surface area (Å²) in [7, 11) is 0. The van der Waals surface area contributed by atoms with E-state index in [1.54, 1.807) is 4.90 Å². The third kappa shape index (κ3) is 3.36. The van der Waals surface area contributed by atoms with Gasteiger partial charge in [0.15, 0.2) is 0 Å². The van der Waals surface area contributed by atoms with Gasteiger partial charge in [-0.1, -0.05) is 6.07 Å². The maximum Gasteiger partial charge on any atom is 0.244 e. The van der Waals surface area contributed by atoms with E-state index in [9.17, 15) is 9.59 Å². The summed E-state index contributed by atoms with van der Waals surface area (Å²) in [6.07, 6.45) is 4.06. The van der Waals surface area contributed by atoms with Crippen molar-refractivity contribution in [1.29, 1.82) is 0 Å². The average molecular weight is 310 g/mol. The van der Waals surface area contributed by atoms with Gasteiger partial charge in [0.05, 0.1) is 5.54 Å². The van der Waals surface area contributed by atoms with E-state index in [1.165, 1.54) is 0 Å². The molecule has 1 aromatic carbocycles. The fourth-order valence-electron chi connectivity index (χ4n) is 2.45. The molecule has 5 nitrogen and oxygen atoms in total. The van der Waals surface area contributed by atoms with Gasteiger partial charge >= 0.3 is 0 Å². The van der Waals surface area contributed by atoms with Gasteiger partial charge in [-0.2, -0.15) is 0 Å². The summed E-state index contributed by atoms with van der Waals surface area (Å²) in [6.45, 7) is 0.747. The van der Waals surface area contributed by atoms with Crippen LogP contribution >= 0.6 is 12.4 Å². The van der Waals surface area contributed by atoms with Gasteiger partial charge in [-0.25, -0.2) is 0 Å². The van der Waals surface area contributed by atoms with Gasteiger partial charge in [0.25, 0.3) is 0 Å². The largest absolute Gasteiger partial charge is 0.324 e. The molecule has 6 heteroatoms. The van der Waals surface area contributed by atoms with E-state index in [1.807, 2.05) is 24.3 Å². The number of carbonyl (C=O) groups is 2. The predicted octanol–water partition coefficient (Wildman–Crippen LogP) is 2.06. The van der Waals surface area contributed by atoms with Gasteiger partial charge in [-0.05, 0) is 43.9 Å². The minimum atomic E-state index is -0.684. The molecule has 1 heterocycles. The summed E-state index contributed by atoms with van der Waals surface area (Å²) in [5, 5.41) is 2.84. The van der Waals surface area contributed by atoms with Gasteiger partial charge in [0.2, 0.25) is 11.8 Å². The minimum absolute atomic E-state index is 0. The lowest BCUT2D eigenvalue weighted by Crippen LogP contribution is -2.38. The number of piperidine rings is 1. The van der Waals surface area contributed by atoms with Crippen molar-refractivity contribution < 1.29 is 9.59 Å². The predicted molar refractivity (Wildman–Crippen MR) is 84.7 cm³/mol. The molecule has 3 N–H and O–H groups in total. The molecule has 0 radical (unpaired) electrons. The number of hydrogen-bond acceptors (Lipinski definition) is 3. The van der Waals surface area contributed by atoms with E-state index in [0.29, 0.717) is 12.1 Å². The molecular formula is C15H20ClN3O2. The number of anilines is 2. The Labute approximate surface area is 130 Å². The quantitative estimate of drug-likeness (QED) is 0.897. The second-order valence-corrected chi connectivity index (χ2v) is 5.66. The number of hydrogen-bond donors (Lipinski definition) is 2. The highest BCUT2D eigenvalue weighted by atomic mass is 35.5. The van der Waals surface area contributed by atoms with Crippen molar-refractivity contribution in [3.8, 4) is 0 Å². The molecule has 1 saturated heterocycles. The van der Waals surface area contributed by atoms with E-state index >= 15 is 0 Å². The van der Waals surface area contributed by atoms with Crippen molar-refractivity contribution in [2.45, 2.75) is 37.6 Å². The summed E-state index contributed by atoms with van der Waals surface area (Å²) >= 11 is 0. The van der Waals surface area contributed by atoms with Crippen LogP contribution in [0.15, 0.2) is 24.3 Å². The van der Waals surface area contributed by atoms with E-state index in [2.05, 4.69) is 5.32 Å². The van der Waals surface area contributed by atoms with Crippen molar-refractivity contribution in [3.63, 3.8) is 0 Å². The van der Waals surface area contributed by atoms with Crippen LogP contribution in [-0.4, -0.2) is 23.9 Å². The zero-order valence-corrected chi connectivity index (χ0v) is 12.6. The first-order chi connectivity index (χ1) is 9.58. The molecule has 21 heavy (non-hydrogen) atoms. The topological polar surface area (TPSA) is 75.4 Å². The Hall–Kier alpha value is -1.59. The second-order valence-electron chi connectivity index (χ2n) is 5.66. The Morgan fingerprint density at radius 1 is 1.29 bits per heavy atom. The van der Waals surface area contributed by atoms with Crippen molar-refractivity contribution >= 4 is 35.6 Å². The molecule has 0 aromatic heterocycles. The van der Waals surface area contributed by atoms with E-state index in [-0.39, 0.29) is 24.2 Å². The summed E-state index contributed by atoms with van der Waals surface area (Å²) < 4.78 is 0. The third-order valence-corrected chi connectivity index (χ3v) is 3.98. The molecule has 1 aliphatic heterocycles. The van der Waals surface area contributed by atoms with Crippen LogP contribution in [-0.2, 0) is 9.59 Å². The number of amides is 2. The molecule has 0 atom stereocenters. The van der Waals surface area contributed by atoms with Crippen LogP contribution in [0, 0.1) is 0 Å². The van der Waals surface area contributed by atoms with Crippen LogP contribution in [0.3, 0.4) is 0 Å². The number of carbonyl (C=O) groups excluding carboxylic acids is 2. The monoisotopic (exact) mass is 309 g/mol. The van der Waals surface area contributed by atoms with Crippen molar-refractivity contribution in [2.24, 2.45) is 5.73 Å². The van der Waals surface area contributed by atoms with Crippen LogP contribution < -0.4 is 16.0 Å². The normalized spacial score (nSPS) is 19.7. The van der Waals surface area contributed by atoms with Gasteiger partial charge in [0.1, 0.15) is 0 Å². The average Bonchev–Trinajstić information content (AvgIpc) is 3.19. The molecular weight excluding hydrogens is 290 g/mol. The lowest BCUT2D eigenvalue weighted by molar-refractivity contribution is -0.119. The molecule has 2 aliphatic rings. The van der Waals surface area contributed by atoms with Crippen LogP contribution in [0.25, 0.3) is 0 Å². The standard InChI is InChI=1S/C15H19N3O2.ClH/c16-15(7-8-15)14(20)17-11-4-3-5-12(10-11)18-9-2-1-6-13(18)19;/h3-5,10H,1-2,6-9,16H2,(H,17,20);1H. The van der Waals surface area contributed by atoms with Crippen molar-refractivity contribution in [3.05, 3.63) is 24.3 Å². The molecule has 0 unspecified atom stereocenters. The maximum absolute atomic E-state index is 11.9. The molecule has 0 bridgehead atoms. The first-order valence-corrected chi connectivity index (χ1v) is 7.09. The van der Waals surface area contributed by atoms with Crippen LogP contribution in [0.2, 0.25) is 0 Å². The Bertz CT molecular complexity index is 558. The van der Waals surface area contributed by atoms with Crippen LogP contribution in [0.4, 0.5) is 11.4 Å². The maximum atomic E-state index is 11.9. The number of nitrogens with one attached hydrogen (secondary N) is 1. The minimum Gasteiger partial charge on any atom is -0.324 e. The number of nitrogens with zero attached hydrogens (tertiary/aromatic N) is 1. The Morgan fingerprint density at radius 3 is 2.71 bits per heavy atom. The lowest BCUT2D eigenvalue weighted by atomic mass is 10.1. The SMILES string of the molecule is Cl.NC1(C(=O)Nc2cccc(N3CCCCC3=O)c2)CC1. The highest BCUT2D eigenvalue weighted by Gasteiger charge is 2.45. The zero-order valence-electron chi connectivity index (χ0n) is 11.8. The van der Waals surface area contributed by atoms with Crippen molar-refractivity contribution in [2.75, 3.05) is 16.8 Å². The molecule has 0 spiro atoms. The summed E-state index contributed by atoms with van der Waals surface area (Å²) in [6, 6.07) is 7.41. The molecule has 1 aromatic rings. The van der Waals surface area contributed by atoms with Crippen LogP contribution in [0.5, 0.6) is 0 Å². The number of nitrogens with two attached hydrogens (primary N) is 1. The van der Waals surface area contributed by atoms with Crippen molar-refractivity contribution in [1.82, 2.24) is 0 Å². The Balaban J connectivity index is 0.00000161. The van der Waals surface area contributed by atoms with E-state index < -0.39 is 5.54 Å². The number of rotatable bonds is 3. The summed E-state index contributed by atoms with van der Waals surface area (Å²) in [5.41, 5.74) is 6.72. The first-order valence-electron chi connectivity index (χ1n) is 7.09. The first kappa shape index (κ1) is 15.8.